The van der Waals surface area contributed by atoms with E-state index in [2.05, 4.69) is 0 Å². The number of hydrogen-bond acceptors (Lipinski definition) is 5. The second-order valence-electron chi connectivity index (χ2n) is 4.81. The average molecular weight is 313 g/mol. The highest BCUT2D eigenvalue weighted by Crippen LogP contribution is 2.35. The van der Waals surface area contributed by atoms with Crippen molar-refractivity contribution >= 4 is 25.8 Å². The van der Waals surface area contributed by atoms with Gasteiger partial charge in [0.25, 0.3) is 0 Å². The minimum absolute atomic E-state index is 0.131. The van der Waals surface area contributed by atoms with Gasteiger partial charge in [-0.25, -0.2) is 16.8 Å². The lowest BCUT2D eigenvalue weighted by molar-refractivity contribution is -0.147. The monoisotopic (exact) mass is 313 g/mol. The fourth-order valence-electron chi connectivity index (χ4n) is 2.34. The Bertz CT molecular complexity index is 553. The van der Waals surface area contributed by atoms with Crippen LogP contribution in [-0.4, -0.2) is 62.1 Å². The molecule has 0 spiro atoms. The summed E-state index contributed by atoms with van der Waals surface area (Å²) in [5, 5.41) is 9.30. The van der Waals surface area contributed by atoms with E-state index < -0.39 is 42.9 Å². The van der Waals surface area contributed by atoms with E-state index >= 15 is 0 Å². The van der Waals surface area contributed by atoms with Gasteiger partial charge in [-0.3, -0.25) is 4.79 Å². The third-order valence-electron chi connectivity index (χ3n) is 3.46. The molecule has 0 aliphatic carbocycles. The molecule has 1 rings (SSSR count). The first-order valence-electron chi connectivity index (χ1n) is 5.97. The number of sulfonamides is 1. The minimum Gasteiger partial charge on any atom is -0.480 e. The summed E-state index contributed by atoms with van der Waals surface area (Å²) in [5.41, 5.74) is -1.42. The fraction of sp³-hybridized carbons (Fsp3) is 0.900. The summed E-state index contributed by atoms with van der Waals surface area (Å²) in [6, 6.07) is 0. The third kappa shape index (κ3) is 3.46. The molecule has 1 aliphatic heterocycles. The van der Waals surface area contributed by atoms with Crippen LogP contribution in [0.5, 0.6) is 0 Å². The highest BCUT2D eigenvalue weighted by Gasteiger charge is 2.51. The zero-order valence-electron chi connectivity index (χ0n) is 11.0. The van der Waals surface area contributed by atoms with Crippen LogP contribution in [0.15, 0.2) is 0 Å². The van der Waals surface area contributed by atoms with Crippen LogP contribution in [0.4, 0.5) is 0 Å². The van der Waals surface area contributed by atoms with E-state index in [0.717, 1.165) is 10.6 Å². The van der Waals surface area contributed by atoms with Crippen molar-refractivity contribution in [2.24, 2.45) is 0 Å². The van der Waals surface area contributed by atoms with E-state index in [4.69, 9.17) is 0 Å². The fourth-order valence-corrected chi connectivity index (χ4v) is 5.86. The van der Waals surface area contributed by atoms with Gasteiger partial charge < -0.3 is 5.11 Å². The molecule has 0 saturated carbocycles. The first-order chi connectivity index (χ1) is 8.55. The molecule has 0 aromatic rings. The van der Waals surface area contributed by atoms with Gasteiger partial charge in [0.2, 0.25) is 10.0 Å². The van der Waals surface area contributed by atoms with E-state index in [1.807, 2.05) is 0 Å². The van der Waals surface area contributed by atoms with Crippen molar-refractivity contribution < 1.29 is 26.7 Å². The summed E-state index contributed by atoms with van der Waals surface area (Å²) in [6.07, 6.45) is 1.85. The first-order valence-corrected chi connectivity index (χ1v) is 9.64. The quantitative estimate of drug-likeness (QED) is 0.720. The number of carboxylic acids is 1. The number of nitrogens with zero attached hydrogens (tertiary/aromatic N) is 1. The Hall–Kier alpha value is -0.670. The molecule has 1 fully saturated rings. The lowest BCUT2D eigenvalue weighted by Gasteiger charge is -2.32. The van der Waals surface area contributed by atoms with Crippen LogP contribution < -0.4 is 0 Å². The number of rotatable bonds is 6. The van der Waals surface area contributed by atoms with Crippen LogP contribution in [0.25, 0.3) is 0 Å². The molecule has 112 valence electrons. The Balaban J connectivity index is 3.03. The highest BCUT2D eigenvalue weighted by molar-refractivity contribution is 7.93. The van der Waals surface area contributed by atoms with E-state index in [1.165, 1.54) is 0 Å². The predicted octanol–water partition coefficient (Wildman–Crippen LogP) is -0.310. The summed E-state index contributed by atoms with van der Waals surface area (Å²) in [7, 11) is -7.29. The molecule has 1 aliphatic rings. The standard InChI is InChI=1S/C10H19NO6S2/c1-3-10(9(12)13)5-4-6-11(10)19(16,17)8-7-18(2,14)15/h3-8H2,1-2H3,(H,12,13). The van der Waals surface area contributed by atoms with Gasteiger partial charge in [0.15, 0.2) is 0 Å². The van der Waals surface area contributed by atoms with Crippen molar-refractivity contribution in [1.29, 1.82) is 0 Å². The summed E-state index contributed by atoms with van der Waals surface area (Å²) in [6.45, 7) is 1.75. The lowest BCUT2D eigenvalue weighted by Crippen LogP contribution is -2.53. The lowest BCUT2D eigenvalue weighted by atomic mass is 9.95. The Kier molecular flexibility index (Phi) is 4.63. The molecule has 0 aromatic heterocycles. The molecule has 7 nitrogen and oxygen atoms in total. The summed E-state index contributed by atoms with van der Waals surface area (Å²) < 4.78 is 47.4. The summed E-state index contributed by atoms with van der Waals surface area (Å²) in [5.74, 6) is -2.23. The molecule has 1 heterocycles. The molecule has 0 aromatic carbocycles. The van der Waals surface area contributed by atoms with Crippen molar-refractivity contribution in [3.05, 3.63) is 0 Å². The molecule has 1 saturated heterocycles. The number of carbonyl (C=O) groups is 1. The van der Waals surface area contributed by atoms with Crippen molar-refractivity contribution in [3.8, 4) is 0 Å². The molecule has 1 unspecified atom stereocenters. The van der Waals surface area contributed by atoms with Crippen LogP contribution in [0.2, 0.25) is 0 Å². The van der Waals surface area contributed by atoms with Crippen molar-refractivity contribution in [1.82, 2.24) is 4.31 Å². The Morgan fingerprint density at radius 3 is 2.26 bits per heavy atom. The van der Waals surface area contributed by atoms with Crippen molar-refractivity contribution in [2.45, 2.75) is 31.7 Å². The SMILES string of the molecule is CCC1(C(=O)O)CCCN1S(=O)(=O)CCS(C)(=O)=O. The zero-order valence-corrected chi connectivity index (χ0v) is 12.6. The second-order valence-corrected chi connectivity index (χ2v) is 9.08. The van der Waals surface area contributed by atoms with Crippen molar-refractivity contribution in [3.63, 3.8) is 0 Å². The number of hydrogen-bond donors (Lipinski definition) is 1. The maximum Gasteiger partial charge on any atom is 0.325 e. The van der Waals surface area contributed by atoms with E-state index in [-0.39, 0.29) is 19.4 Å². The Labute approximate surface area is 113 Å². The molecule has 0 radical (unpaired) electrons. The largest absolute Gasteiger partial charge is 0.480 e. The first kappa shape index (κ1) is 16.4. The van der Waals surface area contributed by atoms with Crippen LogP contribution >= 0.6 is 0 Å². The topological polar surface area (TPSA) is 109 Å². The predicted molar refractivity (Wildman–Crippen MR) is 70.1 cm³/mol. The smallest absolute Gasteiger partial charge is 0.325 e. The van der Waals surface area contributed by atoms with Gasteiger partial charge >= 0.3 is 5.97 Å². The molecule has 0 amide bonds. The second kappa shape index (κ2) is 5.37. The summed E-state index contributed by atoms with van der Waals surface area (Å²) in [4.78, 5) is 11.4. The molecule has 0 bridgehead atoms. The molecular weight excluding hydrogens is 294 g/mol. The van der Waals surface area contributed by atoms with Crippen LogP contribution in [0.1, 0.15) is 26.2 Å². The van der Waals surface area contributed by atoms with Gasteiger partial charge in [0.1, 0.15) is 15.4 Å². The molecular formula is C10H19NO6S2. The van der Waals surface area contributed by atoms with Gasteiger partial charge in [0.05, 0.1) is 11.5 Å². The average Bonchev–Trinajstić information content (AvgIpc) is 2.71. The number of aliphatic carboxylic acids is 1. The van der Waals surface area contributed by atoms with Crippen molar-refractivity contribution in [2.75, 3.05) is 24.3 Å². The zero-order chi connectivity index (χ0) is 14.9. The van der Waals surface area contributed by atoms with Gasteiger partial charge in [-0.2, -0.15) is 4.31 Å². The van der Waals surface area contributed by atoms with Gasteiger partial charge in [-0.05, 0) is 19.3 Å². The van der Waals surface area contributed by atoms with Crippen LogP contribution in [0, 0.1) is 0 Å². The molecule has 9 heteroatoms. The van der Waals surface area contributed by atoms with E-state index in [1.54, 1.807) is 6.92 Å². The van der Waals surface area contributed by atoms with E-state index in [9.17, 15) is 26.7 Å². The number of carboxylic acid groups (broad SMARTS) is 1. The molecule has 1 N–H and O–H groups in total. The maximum absolute atomic E-state index is 12.2. The Morgan fingerprint density at radius 1 is 1.26 bits per heavy atom. The maximum atomic E-state index is 12.2. The van der Waals surface area contributed by atoms with Gasteiger partial charge in [0, 0.05) is 12.8 Å². The summed E-state index contributed by atoms with van der Waals surface area (Å²) >= 11 is 0. The van der Waals surface area contributed by atoms with Crippen LogP contribution in [0.3, 0.4) is 0 Å². The number of sulfone groups is 1. The normalized spacial score (nSPS) is 25.6. The highest BCUT2D eigenvalue weighted by atomic mass is 32.2. The van der Waals surface area contributed by atoms with Crippen LogP contribution in [-0.2, 0) is 24.7 Å². The van der Waals surface area contributed by atoms with E-state index in [0.29, 0.717) is 6.42 Å². The van der Waals surface area contributed by atoms with Gasteiger partial charge in [-0.1, -0.05) is 6.92 Å². The van der Waals surface area contributed by atoms with Gasteiger partial charge in [-0.15, -0.1) is 0 Å². The minimum atomic E-state index is -3.88. The third-order valence-corrected chi connectivity index (χ3v) is 6.59. The Morgan fingerprint density at radius 2 is 1.84 bits per heavy atom. The molecule has 1 atom stereocenters. The molecule has 19 heavy (non-hydrogen) atoms.